The van der Waals surface area contributed by atoms with Gasteiger partial charge in [-0.3, -0.25) is 4.79 Å². The minimum atomic E-state index is -1.15. The van der Waals surface area contributed by atoms with Gasteiger partial charge in [-0.05, 0) is 12.1 Å². The molecular weight excluding hydrogens is 238 g/mol. The predicted molar refractivity (Wildman–Crippen MR) is 58.0 cm³/mol. The first-order chi connectivity index (χ1) is 7.08. The number of carbonyl (C=O) groups is 2. The smallest absolute Gasteiger partial charge is 0.328 e. The minimum absolute atomic E-state index is 0.347. The first kappa shape index (κ1) is 11.7. The van der Waals surface area contributed by atoms with Gasteiger partial charge in [-0.1, -0.05) is 11.6 Å². The number of nitrogens with one attached hydrogen (secondary N) is 1. The van der Waals surface area contributed by atoms with E-state index in [1.807, 2.05) is 0 Å². The SMILES string of the molecule is O=C(O)C=CC(=O)NCc1ccc(Cl)s1. The average Bonchev–Trinajstić information content (AvgIpc) is 2.58. The fourth-order valence-corrected chi connectivity index (χ4v) is 1.85. The summed E-state index contributed by atoms with van der Waals surface area (Å²) in [5.41, 5.74) is 0. The highest BCUT2D eigenvalue weighted by molar-refractivity contribution is 7.16. The lowest BCUT2D eigenvalue weighted by molar-refractivity contribution is -0.131. The maximum absolute atomic E-state index is 11.0. The molecule has 80 valence electrons. The van der Waals surface area contributed by atoms with Crippen LogP contribution in [-0.2, 0) is 16.1 Å². The average molecular weight is 246 g/mol. The molecule has 0 saturated carbocycles. The van der Waals surface area contributed by atoms with Crippen LogP contribution in [0.3, 0.4) is 0 Å². The highest BCUT2D eigenvalue weighted by Gasteiger charge is 2.00. The second-order valence-electron chi connectivity index (χ2n) is 2.60. The van der Waals surface area contributed by atoms with Crippen molar-refractivity contribution < 1.29 is 14.7 Å². The Morgan fingerprint density at radius 1 is 1.47 bits per heavy atom. The molecule has 2 N–H and O–H groups in total. The number of halogens is 1. The van der Waals surface area contributed by atoms with E-state index in [-0.39, 0.29) is 0 Å². The van der Waals surface area contributed by atoms with Gasteiger partial charge in [-0.15, -0.1) is 11.3 Å². The van der Waals surface area contributed by atoms with Gasteiger partial charge in [0.1, 0.15) is 0 Å². The van der Waals surface area contributed by atoms with Gasteiger partial charge in [-0.25, -0.2) is 4.79 Å². The third-order valence-electron chi connectivity index (χ3n) is 1.44. The summed E-state index contributed by atoms with van der Waals surface area (Å²) in [5, 5.41) is 10.8. The molecule has 1 rings (SSSR count). The van der Waals surface area contributed by atoms with Gasteiger partial charge in [0.2, 0.25) is 5.91 Å². The fourth-order valence-electron chi connectivity index (χ4n) is 0.827. The van der Waals surface area contributed by atoms with Gasteiger partial charge >= 0.3 is 5.97 Å². The molecule has 6 heteroatoms. The third-order valence-corrected chi connectivity index (χ3v) is 2.67. The molecule has 0 radical (unpaired) electrons. The molecule has 0 aliphatic heterocycles. The molecule has 0 aliphatic carbocycles. The van der Waals surface area contributed by atoms with E-state index in [1.54, 1.807) is 12.1 Å². The number of thiophene rings is 1. The number of carboxylic acids is 1. The van der Waals surface area contributed by atoms with Gasteiger partial charge < -0.3 is 10.4 Å². The second-order valence-corrected chi connectivity index (χ2v) is 4.39. The predicted octanol–water partition coefficient (Wildman–Crippen LogP) is 1.66. The number of carboxylic acid groups (broad SMARTS) is 1. The topological polar surface area (TPSA) is 66.4 Å². The van der Waals surface area contributed by atoms with E-state index >= 15 is 0 Å². The van der Waals surface area contributed by atoms with E-state index in [0.717, 1.165) is 17.0 Å². The summed E-state index contributed by atoms with van der Waals surface area (Å²) in [6.45, 7) is 0.347. The van der Waals surface area contributed by atoms with E-state index in [1.165, 1.54) is 11.3 Å². The quantitative estimate of drug-likeness (QED) is 0.793. The standard InChI is InChI=1S/C9H8ClNO3S/c10-7-2-1-6(15-7)5-11-8(12)3-4-9(13)14/h1-4H,5H2,(H,11,12)(H,13,14). The summed E-state index contributed by atoms with van der Waals surface area (Å²) in [7, 11) is 0. The van der Waals surface area contributed by atoms with Crippen molar-refractivity contribution in [3.8, 4) is 0 Å². The van der Waals surface area contributed by atoms with Gasteiger partial charge in [0, 0.05) is 17.0 Å². The van der Waals surface area contributed by atoms with E-state index in [2.05, 4.69) is 5.32 Å². The van der Waals surface area contributed by atoms with E-state index in [4.69, 9.17) is 16.7 Å². The van der Waals surface area contributed by atoms with Crippen LogP contribution in [0.15, 0.2) is 24.3 Å². The lowest BCUT2D eigenvalue weighted by Crippen LogP contribution is -2.19. The molecule has 0 fully saturated rings. The molecule has 1 amide bonds. The Morgan fingerprint density at radius 3 is 2.73 bits per heavy atom. The molecule has 1 aromatic rings. The summed E-state index contributed by atoms with van der Waals surface area (Å²) in [5.74, 6) is -1.59. The van der Waals surface area contributed by atoms with Crippen molar-refractivity contribution in [1.29, 1.82) is 0 Å². The van der Waals surface area contributed by atoms with Gasteiger partial charge in [-0.2, -0.15) is 0 Å². The van der Waals surface area contributed by atoms with Crippen molar-refractivity contribution in [3.63, 3.8) is 0 Å². The summed E-state index contributed by atoms with van der Waals surface area (Å²) in [6.07, 6.45) is 1.76. The first-order valence-corrected chi connectivity index (χ1v) is 5.20. The minimum Gasteiger partial charge on any atom is -0.478 e. The van der Waals surface area contributed by atoms with Crippen molar-refractivity contribution in [2.24, 2.45) is 0 Å². The van der Waals surface area contributed by atoms with Crippen molar-refractivity contribution in [2.45, 2.75) is 6.54 Å². The van der Waals surface area contributed by atoms with E-state index in [0.29, 0.717) is 10.9 Å². The van der Waals surface area contributed by atoms with Crippen molar-refractivity contribution in [3.05, 3.63) is 33.5 Å². The number of aliphatic carboxylic acids is 1. The summed E-state index contributed by atoms with van der Waals surface area (Å²) in [4.78, 5) is 22.1. The number of carbonyl (C=O) groups excluding carboxylic acids is 1. The molecule has 15 heavy (non-hydrogen) atoms. The zero-order valence-electron chi connectivity index (χ0n) is 7.57. The molecule has 0 unspecified atom stereocenters. The van der Waals surface area contributed by atoms with E-state index < -0.39 is 11.9 Å². The molecule has 0 atom stereocenters. The van der Waals surface area contributed by atoms with Crippen LogP contribution in [-0.4, -0.2) is 17.0 Å². The van der Waals surface area contributed by atoms with Gasteiger partial charge in [0.05, 0.1) is 10.9 Å². The maximum Gasteiger partial charge on any atom is 0.328 e. The van der Waals surface area contributed by atoms with E-state index in [9.17, 15) is 9.59 Å². The Labute approximate surface area is 95.2 Å². The molecule has 1 aromatic heterocycles. The maximum atomic E-state index is 11.0. The Hall–Kier alpha value is -1.33. The summed E-state index contributed by atoms with van der Waals surface area (Å²) in [6, 6.07) is 3.54. The van der Waals surface area contributed by atoms with Crippen LogP contribution in [0, 0.1) is 0 Å². The van der Waals surface area contributed by atoms with Crippen LogP contribution in [0.25, 0.3) is 0 Å². The fraction of sp³-hybridized carbons (Fsp3) is 0.111. The number of hydrogen-bond acceptors (Lipinski definition) is 3. The van der Waals surface area contributed by atoms with Crippen molar-refractivity contribution in [2.75, 3.05) is 0 Å². The molecule has 0 bridgehead atoms. The molecule has 0 aromatic carbocycles. The molecule has 0 saturated heterocycles. The Kier molecular flexibility index (Phi) is 4.33. The Balaban J connectivity index is 2.37. The van der Waals surface area contributed by atoms with Gasteiger partial charge in [0.25, 0.3) is 0 Å². The molecule has 1 heterocycles. The van der Waals surface area contributed by atoms with Crippen LogP contribution in [0.2, 0.25) is 4.34 Å². The number of hydrogen-bond donors (Lipinski definition) is 2. The van der Waals surface area contributed by atoms with Crippen LogP contribution in [0.5, 0.6) is 0 Å². The van der Waals surface area contributed by atoms with Crippen molar-refractivity contribution >= 4 is 34.8 Å². The van der Waals surface area contributed by atoms with Crippen LogP contribution < -0.4 is 5.32 Å². The second kappa shape index (κ2) is 5.53. The molecule has 0 spiro atoms. The molecule has 4 nitrogen and oxygen atoms in total. The zero-order chi connectivity index (χ0) is 11.3. The first-order valence-electron chi connectivity index (χ1n) is 4.01. The summed E-state index contributed by atoms with van der Waals surface area (Å²) >= 11 is 7.06. The highest BCUT2D eigenvalue weighted by Crippen LogP contribution is 2.20. The summed E-state index contributed by atoms with van der Waals surface area (Å²) < 4.78 is 0.653. The third kappa shape index (κ3) is 4.62. The Bertz CT molecular complexity index is 400. The monoisotopic (exact) mass is 245 g/mol. The van der Waals surface area contributed by atoms with Crippen LogP contribution in [0.4, 0.5) is 0 Å². The molecule has 0 aliphatic rings. The Morgan fingerprint density at radius 2 is 2.20 bits per heavy atom. The number of amides is 1. The lowest BCUT2D eigenvalue weighted by Gasteiger charge is -1.97. The zero-order valence-corrected chi connectivity index (χ0v) is 9.14. The molecular formula is C9H8ClNO3S. The van der Waals surface area contributed by atoms with Crippen LogP contribution in [0.1, 0.15) is 4.88 Å². The van der Waals surface area contributed by atoms with Crippen molar-refractivity contribution in [1.82, 2.24) is 5.32 Å². The van der Waals surface area contributed by atoms with Crippen LogP contribution >= 0.6 is 22.9 Å². The largest absolute Gasteiger partial charge is 0.478 e. The lowest BCUT2D eigenvalue weighted by atomic mass is 10.4. The number of rotatable bonds is 4. The van der Waals surface area contributed by atoms with Gasteiger partial charge in [0.15, 0.2) is 0 Å². The highest BCUT2D eigenvalue weighted by atomic mass is 35.5. The normalized spacial score (nSPS) is 10.5.